The highest BCUT2D eigenvalue weighted by molar-refractivity contribution is 4.91. The largest absolute Gasteiger partial charge is 0.394 e. The molecule has 1 aliphatic rings. The first kappa shape index (κ1) is 10.8. The maximum Gasteiger partial charge on any atom is 0.175 e. The smallest absolute Gasteiger partial charge is 0.175 e. The van der Waals surface area contributed by atoms with E-state index in [0.717, 1.165) is 0 Å². The van der Waals surface area contributed by atoms with Gasteiger partial charge in [0.05, 0.1) is 12.6 Å². The summed E-state index contributed by atoms with van der Waals surface area (Å²) >= 11 is 0. The molecule has 0 saturated carbocycles. The molecule has 1 rings (SSSR count). The highest BCUT2D eigenvalue weighted by Gasteiger charge is 2.42. The lowest BCUT2D eigenvalue weighted by Crippen LogP contribution is -2.62. The molecule has 5 atom stereocenters. The Kier molecular flexibility index (Phi) is 3.60. The molecule has 1 fully saturated rings. The van der Waals surface area contributed by atoms with Crippen molar-refractivity contribution in [2.24, 2.45) is 5.73 Å². The standard InChI is InChI=1S/C7H15NO5/c1-12-7-4(8)6(11)5(10)3(2-9)13-7/h3-7,9-11H,2,8H2,1H3/t3?,4-,5?,6?,7?/m0/s1. The number of ether oxygens (including phenoxy) is 2. The minimum Gasteiger partial charge on any atom is -0.394 e. The summed E-state index contributed by atoms with van der Waals surface area (Å²) in [5, 5.41) is 27.5. The van der Waals surface area contributed by atoms with Gasteiger partial charge in [0.2, 0.25) is 0 Å². The molecule has 0 bridgehead atoms. The van der Waals surface area contributed by atoms with Gasteiger partial charge in [-0.1, -0.05) is 0 Å². The van der Waals surface area contributed by atoms with Crippen LogP contribution in [0.2, 0.25) is 0 Å². The summed E-state index contributed by atoms with van der Waals surface area (Å²) in [6, 6.07) is -0.803. The summed E-state index contributed by atoms with van der Waals surface area (Å²) in [6.45, 7) is -0.384. The van der Waals surface area contributed by atoms with Gasteiger partial charge < -0.3 is 30.5 Å². The number of nitrogens with two attached hydrogens (primary N) is 1. The Balaban J connectivity index is 2.66. The summed E-state index contributed by atoms with van der Waals surface area (Å²) in [7, 11) is 1.38. The van der Waals surface area contributed by atoms with Crippen LogP contribution in [-0.2, 0) is 9.47 Å². The van der Waals surface area contributed by atoms with E-state index >= 15 is 0 Å². The molecule has 13 heavy (non-hydrogen) atoms. The van der Waals surface area contributed by atoms with Crippen LogP contribution < -0.4 is 5.73 Å². The van der Waals surface area contributed by atoms with Crippen molar-refractivity contribution in [1.29, 1.82) is 0 Å². The number of hydrogen-bond donors (Lipinski definition) is 4. The van der Waals surface area contributed by atoms with E-state index in [1.165, 1.54) is 7.11 Å². The fourth-order valence-corrected chi connectivity index (χ4v) is 1.32. The van der Waals surface area contributed by atoms with Crippen LogP contribution in [0.1, 0.15) is 0 Å². The maximum atomic E-state index is 9.40. The van der Waals surface area contributed by atoms with Gasteiger partial charge in [-0.15, -0.1) is 0 Å². The fraction of sp³-hybridized carbons (Fsp3) is 1.00. The SMILES string of the molecule is COC1OC(CO)C(O)C(O)[C@@H]1N. The van der Waals surface area contributed by atoms with E-state index in [1.54, 1.807) is 0 Å². The Morgan fingerprint density at radius 3 is 2.46 bits per heavy atom. The Hall–Kier alpha value is -0.240. The molecular formula is C7H15NO5. The molecule has 0 aliphatic carbocycles. The lowest BCUT2D eigenvalue weighted by atomic mass is 9.98. The highest BCUT2D eigenvalue weighted by Crippen LogP contribution is 2.19. The van der Waals surface area contributed by atoms with Crippen LogP contribution in [0, 0.1) is 0 Å². The molecule has 0 spiro atoms. The average Bonchev–Trinajstić information content (AvgIpc) is 2.15. The number of rotatable bonds is 2. The summed E-state index contributed by atoms with van der Waals surface area (Å²) in [5.41, 5.74) is 5.50. The third kappa shape index (κ3) is 1.98. The van der Waals surface area contributed by atoms with E-state index in [0.29, 0.717) is 0 Å². The van der Waals surface area contributed by atoms with Crippen molar-refractivity contribution in [3.63, 3.8) is 0 Å². The zero-order valence-electron chi connectivity index (χ0n) is 7.33. The van der Waals surface area contributed by atoms with Crippen molar-refractivity contribution < 1.29 is 24.8 Å². The molecule has 0 aromatic carbocycles. The molecule has 1 aliphatic heterocycles. The minimum absolute atomic E-state index is 0.384. The minimum atomic E-state index is -1.17. The topological polar surface area (TPSA) is 105 Å². The van der Waals surface area contributed by atoms with Crippen molar-refractivity contribution in [3.05, 3.63) is 0 Å². The maximum absolute atomic E-state index is 9.40. The lowest BCUT2D eigenvalue weighted by Gasteiger charge is -2.39. The number of methoxy groups -OCH3 is 1. The number of aliphatic hydroxyl groups excluding tert-OH is 3. The first-order valence-corrected chi connectivity index (χ1v) is 4.02. The van der Waals surface area contributed by atoms with Gasteiger partial charge in [0.1, 0.15) is 18.3 Å². The van der Waals surface area contributed by atoms with Crippen LogP contribution in [-0.4, -0.2) is 59.7 Å². The number of hydrogen-bond acceptors (Lipinski definition) is 6. The Morgan fingerprint density at radius 1 is 1.38 bits per heavy atom. The zero-order valence-corrected chi connectivity index (χ0v) is 7.33. The van der Waals surface area contributed by atoms with E-state index < -0.39 is 30.6 Å². The molecule has 1 heterocycles. The molecule has 0 aromatic rings. The normalized spacial score (nSPS) is 46.4. The van der Waals surface area contributed by atoms with Crippen molar-refractivity contribution in [1.82, 2.24) is 0 Å². The summed E-state index contributed by atoms with van der Waals surface area (Å²) < 4.78 is 9.90. The molecule has 6 heteroatoms. The Bertz CT molecular complexity index is 147. The van der Waals surface area contributed by atoms with Gasteiger partial charge >= 0.3 is 0 Å². The lowest BCUT2D eigenvalue weighted by molar-refractivity contribution is -0.257. The summed E-state index contributed by atoms with van der Waals surface area (Å²) in [4.78, 5) is 0. The summed E-state index contributed by atoms with van der Waals surface area (Å²) in [5.74, 6) is 0. The van der Waals surface area contributed by atoms with Gasteiger partial charge in [-0.05, 0) is 0 Å². The van der Waals surface area contributed by atoms with Crippen molar-refractivity contribution in [2.75, 3.05) is 13.7 Å². The average molecular weight is 193 g/mol. The van der Waals surface area contributed by atoms with E-state index in [1.807, 2.05) is 0 Å². The van der Waals surface area contributed by atoms with Gasteiger partial charge in [0.15, 0.2) is 6.29 Å². The second-order valence-corrected chi connectivity index (χ2v) is 3.02. The highest BCUT2D eigenvalue weighted by atomic mass is 16.7. The predicted octanol–water partition coefficient (Wildman–Crippen LogP) is -2.60. The Labute approximate surface area is 75.9 Å². The molecule has 4 unspecified atom stereocenters. The molecule has 0 radical (unpaired) electrons. The monoisotopic (exact) mass is 193 g/mol. The second kappa shape index (κ2) is 4.32. The van der Waals surface area contributed by atoms with Crippen LogP contribution in [0.5, 0.6) is 0 Å². The van der Waals surface area contributed by atoms with Crippen LogP contribution in [0.25, 0.3) is 0 Å². The molecule has 0 amide bonds. The van der Waals surface area contributed by atoms with Gasteiger partial charge in [-0.3, -0.25) is 0 Å². The zero-order chi connectivity index (χ0) is 10.0. The van der Waals surface area contributed by atoms with Gasteiger partial charge in [0, 0.05) is 7.11 Å². The van der Waals surface area contributed by atoms with Crippen LogP contribution in [0.15, 0.2) is 0 Å². The van der Waals surface area contributed by atoms with E-state index in [9.17, 15) is 10.2 Å². The third-order valence-electron chi connectivity index (χ3n) is 2.16. The van der Waals surface area contributed by atoms with Crippen molar-refractivity contribution in [3.8, 4) is 0 Å². The van der Waals surface area contributed by atoms with Crippen LogP contribution >= 0.6 is 0 Å². The molecule has 0 aromatic heterocycles. The molecular weight excluding hydrogens is 178 g/mol. The molecule has 78 valence electrons. The summed E-state index contributed by atoms with van der Waals surface area (Å²) in [6.07, 6.45) is -3.96. The van der Waals surface area contributed by atoms with Gasteiger partial charge in [0.25, 0.3) is 0 Å². The molecule has 1 saturated heterocycles. The second-order valence-electron chi connectivity index (χ2n) is 3.02. The first-order valence-electron chi connectivity index (χ1n) is 4.02. The molecule has 6 nitrogen and oxygen atoms in total. The predicted molar refractivity (Wildman–Crippen MR) is 42.7 cm³/mol. The van der Waals surface area contributed by atoms with Crippen LogP contribution in [0.4, 0.5) is 0 Å². The van der Waals surface area contributed by atoms with Crippen molar-refractivity contribution in [2.45, 2.75) is 30.6 Å². The third-order valence-corrected chi connectivity index (χ3v) is 2.16. The fourth-order valence-electron chi connectivity index (χ4n) is 1.32. The quantitative estimate of drug-likeness (QED) is 0.383. The van der Waals surface area contributed by atoms with E-state index in [-0.39, 0.29) is 6.61 Å². The van der Waals surface area contributed by atoms with Crippen molar-refractivity contribution >= 4 is 0 Å². The van der Waals surface area contributed by atoms with E-state index in [2.05, 4.69) is 0 Å². The molecule has 5 N–H and O–H groups in total. The number of aliphatic hydroxyl groups is 3. The first-order chi connectivity index (χ1) is 6.11. The Morgan fingerprint density at radius 2 is 2.00 bits per heavy atom. The van der Waals surface area contributed by atoms with Crippen LogP contribution in [0.3, 0.4) is 0 Å². The van der Waals surface area contributed by atoms with Gasteiger partial charge in [-0.2, -0.15) is 0 Å². The van der Waals surface area contributed by atoms with E-state index in [4.69, 9.17) is 20.3 Å². The van der Waals surface area contributed by atoms with Gasteiger partial charge in [-0.25, -0.2) is 0 Å².